The lowest BCUT2D eigenvalue weighted by atomic mass is 9.94. The molecule has 0 spiro atoms. The molecule has 2 heteroatoms. The Bertz CT molecular complexity index is 497. The highest BCUT2D eigenvalue weighted by atomic mass is 16.5. The molecule has 1 aliphatic rings. The van der Waals surface area contributed by atoms with E-state index >= 15 is 0 Å². The standard InChI is InChI=1S/C18H24O2/c1-4-5-6-10-13-15-16(14-11-8-7-9-12-14)20-18(2,3)17(15)19/h7-9,11-12H,4-6,10,13H2,1-3H3. The fourth-order valence-electron chi connectivity index (χ4n) is 2.61. The normalized spacial score (nSPS) is 17.4. The Morgan fingerprint density at radius 1 is 1.05 bits per heavy atom. The van der Waals surface area contributed by atoms with E-state index in [-0.39, 0.29) is 5.78 Å². The molecule has 0 fully saturated rings. The molecule has 0 aromatic heterocycles. The highest BCUT2D eigenvalue weighted by molar-refractivity contribution is 6.09. The van der Waals surface area contributed by atoms with Crippen LogP contribution in [0.15, 0.2) is 35.9 Å². The van der Waals surface area contributed by atoms with Crippen molar-refractivity contribution in [3.63, 3.8) is 0 Å². The highest BCUT2D eigenvalue weighted by Gasteiger charge is 2.41. The lowest BCUT2D eigenvalue weighted by Crippen LogP contribution is -2.29. The minimum atomic E-state index is -0.717. The van der Waals surface area contributed by atoms with E-state index < -0.39 is 5.60 Å². The molecule has 20 heavy (non-hydrogen) atoms. The summed E-state index contributed by atoms with van der Waals surface area (Å²) in [4.78, 5) is 12.5. The van der Waals surface area contributed by atoms with Gasteiger partial charge >= 0.3 is 0 Å². The molecule has 0 amide bonds. The molecular weight excluding hydrogens is 248 g/mol. The molecule has 0 bridgehead atoms. The summed E-state index contributed by atoms with van der Waals surface area (Å²) in [6.45, 7) is 5.91. The predicted octanol–water partition coefficient (Wildman–Crippen LogP) is 4.75. The maximum atomic E-state index is 12.5. The molecule has 0 aliphatic carbocycles. The molecule has 108 valence electrons. The second-order valence-electron chi connectivity index (χ2n) is 5.93. The zero-order valence-electron chi connectivity index (χ0n) is 12.7. The summed E-state index contributed by atoms with van der Waals surface area (Å²) in [5.74, 6) is 0.935. The fraction of sp³-hybridized carbons (Fsp3) is 0.500. The maximum Gasteiger partial charge on any atom is 0.205 e. The molecule has 1 aromatic rings. The van der Waals surface area contributed by atoms with Crippen molar-refractivity contribution in [2.24, 2.45) is 0 Å². The fourth-order valence-corrected chi connectivity index (χ4v) is 2.61. The average molecular weight is 272 g/mol. The van der Waals surface area contributed by atoms with Gasteiger partial charge in [0.2, 0.25) is 5.78 Å². The van der Waals surface area contributed by atoms with Crippen LogP contribution in [0.25, 0.3) is 5.76 Å². The number of carbonyl (C=O) groups excluding carboxylic acids is 1. The summed E-state index contributed by atoms with van der Waals surface area (Å²) < 4.78 is 5.95. The molecule has 0 saturated heterocycles. The predicted molar refractivity (Wildman–Crippen MR) is 82.3 cm³/mol. The van der Waals surface area contributed by atoms with Crippen LogP contribution in [-0.4, -0.2) is 11.4 Å². The summed E-state index contributed by atoms with van der Waals surface area (Å²) in [6, 6.07) is 9.96. The summed E-state index contributed by atoms with van der Waals surface area (Å²) >= 11 is 0. The molecule has 1 heterocycles. The smallest absolute Gasteiger partial charge is 0.205 e. The zero-order chi connectivity index (χ0) is 14.6. The Morgan fingerprint density at radius 2 is 1.75 bits per heavy atom. The van der Waals surface area contributed by atoms with Gasteiger partial charge in [0.15, 0.2) is 5.60 Å². The minimum Gasteiger partial charge on any atom is -0.479 e. The zero-order valence-corrected chi connectivity index (χ0v) is 12.7. The monoisotopic (exact) mass is 272 g/mol. The Balaban J connectivity index is 2.22. The third kappa shape index (κ3) is 3.12. The third-order valence-corrected chi connectivity index (χ3v) is 3.77. The van der Waals surface area contributed by atoms with Crippen LogP contribution in [0.2, 0.25) is 0 Å². The van der Waals surface area contributed by atoms with Gasteiger partial charge in [-0.25, -0.2) is 0 Å². The van der Waals surface area contributed by atoms with Crippen LogP contribution in [0.3, 0.4) is 0 Å². The summed E-state index contributed by atoms with van der Waals surface area (Å²) in [7, 11) is 0. The van der Waals surface area contributed by atoms with Gasteiger partial charge in [0.05, 0.1) is 0 Å². The van der Waals surface area contributed by atoms with E-state index in [2.05, 4.69) is 6.92 Å². The summed E-state index contributed by atoms with van der Waals surface area (Å²) in [5, 5.41) is 0. The van der Waals surface area contributed by atoms with Crippen LogP contribution >= 0.6 is 0 Å². The summed E-state index contributed by atoms with van der Waals surface area (Å²) in [5.41, 5.74) is 1.17. The largest absolute Gasteiger partial charge is 0.479 e. The van der Waals surface area contributed by atoms with Gasteiger partial charge in [-0.15, -0.1) is 0 Å². The average Bonchev–Trinajstić information content (AvgIpc) is 2.68. The van der Waals surface area contributed by atoms with Gasteiger partial charge in [-0.1, -0.05) is 56.5 Å². The lowest BCUT2D eigenvalue weighted by molar-refractivity contribution is -0.126. The SMILES string of the molecule is CCCCCCC1=C(c2ccccc2)OC(C)(C)C1=O. The van der Waals surface area contributed by atoms with Crippen LogP contribution in [0.1, 0.15) is 58.4 Å². The van der Waals surface area contributed by atoms with E-state index in [9.17, 15) is 4.79 Å². The first-order valence-corrected chi connectivity index (χ1v) is 7.58. The van der Waals surface area contributed by atoms with Gasteiger partial charge < -0.3 is 4.74 Å². The lowest BCUT2D eigenvalue weighted by Gasteiger charge is -2.17. The number of Topliss-reactive ketones (excluding diaryl/α,β-unsaturated/α-hetero) is 1. The van der Waals surface area contributed by atoms with Crippen molar-refractivity contribution < 1.29 is 9.53 Å². The number of benzene rings is 1. The quantitative estimate of drug-likeness (QED) is 0.699. The summed E-state index contributed by atoms with van der Waals surface area (Å²) in [6.07, 6.45) is 5.50. The Labute approximate surface area is 121 Å². The number of ketones is 1. The van der Waals surface area contributed by atoms with Gasteiger partial charge in [-0.3, -0.25) is 4.79 Å². The van der Waals surface area contributed by atoms with Crippen molar-refractivity contribution in [3.05, 3.63) is 41.5 Å². The van der Waals surface area contributed by atoms with Crippen LogP contribution in [-0.2, 0) is 9.53 Å². The van der Waals surface area contributed by atoms with E-state index in [1.165, 1.54) is 19.3 Å². The first-order chi connectivity index (χ1) is 9.56. The Hall–Kier alpha value is -1.57. The molecule has 2 rings (SSSR count). The minimum absolute atomic E-state index is 0.146. The topological polar surface area (TPSA) is 26.3 Å². The number of carbonyl (C=O) groups is 1. The molecule has 0 saturated carbocycles. The van der Waals surface area contributed by atoms with Crippen molar-refractivity contribution >= 4 is 11.5 Å². The van der Waals surface area contributed by atoms with E-state index in [4.69, 9.17) is 4.74 Å². The molecule has 0 atom stereocenters. The Kier molecular flexibility index (Phi) is 4.64. The van der Waals surface area contributed by atoms with E-state index in [0.29, 0.717) is 0 Å². The van der Waals surface area contributed by atoms with Gasteiger partial charge in [0.25, 0.3) is 0 Å². The molecular formula is C18H24O2. The van der Waals surface area contributed by atoms with Crippen molar-refractivity contribution in [1.82, 2.24) is 0 Å². The first-order valence-electron chi connectivity index (χ1n) is 7.58. The van der Waals surface area contributed by atoms with Crippen LogP contribution in [0.4, 0.5) is 0 Å². The Morgan fingerprint density at radius 3 is 2.40 bits per heavy atom. The second kappa shape index (κ2) is 6.25. The number of hydrogen-bond acceptors (Lipinski definition) is 2. The van der Waals surface area contributed by atoms with Crippen molar-refractivity contribution in [2.75, 3.05) is 0 Å². The molecule has 0 radical (unpaired) electrons. The van der Waals surface area contributed by atoms with Crippen molar-refractivity contribution in [3.8, 4) is 0 Å². The van der Waals surface area contributed by atoms with Crippen molar-refractivity contribution in [1.29, 1.82) is 0 Å². The third-order valence-electron chi connectivity index (χ3n) is 3.77. The van der Waals surface area contributed by atoms with Gasteiger partial charge in [0.1, 0.15) is 5.76 Å². The molecule has 1 aliphatic heterocycles. The highest BCUT2D eigenvalue weighted by Crippen LogP contribution is 2.38. The van der Waals surface area contributed by atoms with Gasteiger partial charge in [-0.05, 0) is 26.7 Å². The van der Waals surface area contributed by atoms with Gasteiger partial charge in [-0.2, -0.15) is 0 Å². The number of ether oxygens (including phenoxy) is 1. The van der Waals surface area contributed by atoms with E-state index in [1.54, 1.807) is 0 Å². The van der Waals surface area contributed by atoms with Crippen LogP contribution in [0.5, 0.6) is 0 Å². The van der Waals surface area contributed by atoms with Crippen LogP contribution < -0.4 is 0 Å². The molecule has 0 unspecified atom stereocenters. The second-order valence-corrected chi connectivity index (χ2v) is 5.93. The maximum absolute atomic E-state index is 12.5. The van der Waals surface area contributed by atoms with E-state index in [1.807, 2.05) is 44.2 Å². The number of unbranched alkanes of at least 4 members (excludes halogenated alkanes) is 3. The van der Waals surface area contributed by atoms with E-state index in [0.717, 1.165) is 29.7 Å². The molecule has 2 nitrogen and oxygen atoms in total. The molecule has 1 aromatic carbocycles. The van der Waals surface area contributed by atoms with Crippen molar-refractivity contribution in [2.45, 2.75) is 58.5 Å². The van der Waals surface area contributed by atoms with Gasteiger partial charge in [0, 0.05) is 11.1 Å². The number of hydrogen-bond donors (Lipinski definition) is 0. The molecule has 0 N–H and O–H groups in total. The number of rotatable bonds is 6. The first kappa shape index (κ1) is 14.8. The van der Waals surface area contributed by atoms with Crippen LogP contribution in [0, 0.1) is 0 Å².